The second kappa shape index (κ2) is 3.27. The van der Waals surface area contributed by atoms with Gasteiger partial charge in [-0.1, -0.05) is 11.6 Å². The Morgan fingerprint density at radius 3 is 1.93 bits per heavy atom. The van der Waals surface area contributed by atoms with Crippen LogP contribution in [0.5, 0.6) is 0 Å². The highest BCUT2D eigenvalue weighted by Crippen LogP contribution is 2.28. The summed E-state index contributed by atoms with van der Waals surface area (Å²) in [6.45, 7) is 0. The lowest BCUT2D eigenvalue weighted by molar-refractivity contribution is -0.132. The van der Waals surface area contributed by atoms with Crippen LogP contribution >= 0.6 is 11.6 Å². The maximum Gasteiger partial charge on any atom is 0.351 e. The molecule has 15 heavy (non-hydrogen) atoms. The van der Waals surface area contributed by atoms with Gasteiger partial charge < -0.3 is 5.21 Å². The van der Waals surface area contributed by atoms with Crippen LogP contribution in [0.2, 0.25) is 5.02 Å². The SMILES string of the molecule is O=C1C=CC(=O)[N+]1([O-])c1ccc(Cl)cc1. The van der Waals surface area contributed by atoms with E-state index in [2.05, 4.69) is 0 Å². The topological polar surface area (TPSA) is 57.2 Å². The first kappa shape index (κ1) is 10.0. The van der Waals surface area contributed by atoms with Gasteiger partial charge in [-0.25, -0.2) is 9.59 Å². The van der Waals surface area contributed by atoms with Gasteiger partial charge in [0.05, 0.1) is 12.2 Å². The van der Waals surface area contributed by atoms with Gasteiger partial charge in [0.25, 0.3) is 0 Å². The molecule has 0 saturated carbocycles. The summed E-state index contributed by atoms with van der Waals surface area (Å²) in [5, 5.41) is 12.5. The molecular weight excluding hydrogens is 218 g/mol. The molecule has 0 N–H and O–H groups in total. The number of hydrogen-bond donors (Lipinski definition) is 0. The number of carbonyl (C=O) groups is 2. The first-order chi connectivity index (χ1) is 7.05. The zero-order chi connectivity index (χ0) is 11.1. The van der Waals surface area contributed by atoms with Gasteiger partial charge in [-0.15, -0.1) is 0 Å². The van der Waals surface area contributed by atoms with Crippen LogP contribution in [0.15, 0.2) is 36.4 Å². The number of rotatable bonds is 1. The van der Waals surface area contributed by atoms with E-state index in [1.807, 2.05) is 0 Å². The minimum atomic E-state index is -1.59. The fraction of sp³-hybridized carbons (Fsp3) is 0. The van der Waals surface area contributed by atoms with Gasteiger partial charge in [-0.2, -0.15) is 4.65 Å². The lowest BCUT2D eigenvalue weighted by Crippen LogP contribution is -2.48. The van der Waals surface area contributed by atoms with E-state index in [4.69, 9.17) is 11.6 Å². The van der Waals surface area contributed by atoms with Crippen molar-refractivity contribution in [1.82, 2.24) is 4.65 Å². The molecule has 0 unspecified atom stereocenters. The van der Waals surface area contributed by atoms with E-state index < -0.39 is 16.5 Å². The summed E-state index contributed by atoms with van der Waals surface area (Å²) in [7, 11) is 0. The predicted molar refractivity (Wildman–Crippen MR) is 55.8 cm³/mol. The molecule has 1 aromatic rings. The fourth-order valence-electron chi connectivity index (χ4n) is 1.37. The number of amides is 2. The van der Waals surface area contributed by atoms with Gasteiger partial charge in [0, 0.05) is 17.2 Å². The molecule has 1 heterocycles. The number of halogens is 1. The van der Waals surface area contributed by atoms with Crippen molar-refractivity contribution in [3.63, 3.8) is 0 Å². The van der Waals surface area contributed by atoms with E-state index in [9.17, 15) is 14.8 Å². The van der Waals surface area contributed by atoms with Crippen LogP contribution in [-0.4, -0.2) is 11.8 Å². The van der Waals surface area contributed by atoms with Crippen molar-refractivity contribution >= 4 is 29.1 Å². The normalized spacial score (nSPS) is 18.5. The third-order valence-electron chi connectivity index (χ3n) is 2.18. The minimum absolute atomic E-state index is 0.0689. The summed E-state index contributed by atoms with van der Waals surface area (Å²) in [5.74, 6) is -1.58. The molecule has 4 nitrogen and oxygen atoms in total. The Bertz CT molecular complexity index is 446. The number of imide groups is 1. The van der Waals surface area contributed by atoms with Crippen LogP contribution in [0.4, 0.5) is 5.69 Å². The molecule has 5 heteroatoms. The third-order valence-corrected chi connectivity index (χ3v) is 2.43. The third kappa shape index (κ3) is 1.39. The van der Waals surface area contributed by atoms with E-state index >= 15 is 0 Å². The quantitative estimate of drug-likeness (QED) is 0.414. The van der Waals surface area contributed by atoms with E-state index in [-0.39, 0.29) is 5.69 Å². The summed E-state index contributed by atoms with van der Waals surface area (Å²) >= 11 is 5.64. The highest BCUT2D eigenvalue weighted by Gasteiger charge is 2.40. The van der Waals surface area contributed by atoms with Gasteiger partial charge in [-0.05, 0) is 12.1 Å². The Labute approximate surface area is 90.5 Å². The number of nitrogens with zero attached hydrogens (tertiary/aromatic N) is 1. The molecule has 2 rings (SSSR count). The van der Waals surface area contributed by atoms with Crippen molar-refractivity contribution in [1.29, 1.82) is 0 Å². The monoisotopic (exact) mass is 223 g/mol. The number of hydrogen-bond acceptors (Lipinski definition) is 3. The molecule has 1 aliphatic heterocycles. The maximum atomic E-state index is 12.0. The van der Waals surface area contributed by atoms with Crippen molar-refractivity contribution in [3.8, 4) is 0 Å². The van der Waals surface area contributed by atoms with Crippen molar-refractivity contribution in [3.05, 3.63) is 46.6 Å². The Balaban J connectivity index is 2.51. The number of hydroxylamine groups is 2. The van der Waals surface area contributed by atoms with E-state index in [0.717, 1.165) is 12.2 Å². The molecule has 0 fully saturated rings. The Morgan fingerprint density at radius 1 is 1.00 bits per heavy atom. The van der Waals surface area contributed by atoms with Crippen LogP contribution in [0, 0.1) is 5.21 Å². The largest absolute Gasteiger partial charge is 0.612 e. The molecule has 0 bridgehead atoms. The second-order valence-electron chi connectivity index (χ2n) is 3.10. The molecule has 76 valence electrons. The zero-order valence-corrected chi connectivity index (χ0v) is 8.27. The average molecular weight is 224 g/mol. The highest BCUT2D eigenvalue weighted by molar-refractivity contribution is 6.30. The lowest BCUT2D eigenvalue weighted by atomic mass is 10.3. The Hall–Kier alpha value is -1.49. The lowest BCUT2D eigenvalue weighted by Gasteiger charge is -2.31. The van der Waals surface area contributed by atoms with Gasteiger partial charge >= 0.3 is 11.8 Å². The standard InChI is InChI=1S/C10H6ClNO3/c11-7-1-3-8(4-2-7)12(15)9(13)5-6-10(12)14/h1-6H. The molecule has 0 saturated heterocycles. The molecule has 1 aliphatic rings. The maximum absolute atomic E-state index is 12.0. The average Bonchev–Trinajstić information content (AvgIpc) is 2.48. The van der Waals surface area contributed by atoms with Crippen molar-refractivity contribution in [2.24, 2.45) is 0 Å². The highest BCUT2D eigenvalue weighted by atomic mass is 35.5. The van der Waals surface area contributed by atoms with Gasteiger partial charge in [0.2, 0.25) is 0 Å². The molecule has 0 radical (unpaired) electrons. The molecule has 2 amide bonds. The zero-order valence-electron chi connectivity index (χ0n) is 7.51. The number of carbonyl (C=O) groups excluding carboxylic acids is 2. The second-order valence-corrected chi connectivity index (χ2v) is 3.53. The van der Waals surface area contributed by atoms with Crippen LogP contribution in [0.3, 0.4) is 0 Å². The number of benzene rings is 1. The smallest absolute Gasteiger partial charge is 0.351 e. The van der Waals surface area contributed by atoms with E-state index in [0.29, 0.717) is 5.02 Å². The van der Waals surface area contributed by atoms with Crippen molar-refractivity contribution in [2.75, 3.05) is 0 Å². The molecule has 0 spiro atoms. The van der Waals surface area contributed by atoms with Crippen molar-refractivity contribution in [2.45, 2.75) is 0 Å². The van der Waals surface area contributed by atoms with Crippen LogP contribution in [0.25, 0.3) is 0 Å². The van der Waals surface area contributed by atoms with Crippen LogP contribution < -0.4 is 4.65 Å². The minimum Gasteiger partial charge on any atom is -0.612 e. The Kier molecular flexibility index (Phi) is 2.19. The predicted octanol–water partition coefficient (Wildman–Crippen LogP) is 1.77. The molecular formula is C10H6ClNO3. The van der Waals surface area contributed by atoms with E-state index in [1.54, 1.807) is 0 Å². The van der Waals surface area contributed by atoms with Crippen LogP contribution in [0.1, 0.15) is 0 Å². The van der Waals surface area contributed by atoms with Gasteiger partial charge in [0.15, 0.2) is 0 Å². The summed E-state index contributed by atoms with van der Waals surface area (Å²) in [6, 6.07) is 5.68. The summed E-state index contributed by atoms with van der Waals surface area (Å²) in [5.41, 5.74) is 0.0689. The van der Waals surface area contributed by atoms with Gasteiger partial charge in [0.1, 0.15) is 5.69 Å². The van der Waals surface area contributed by atoms with Crippen LogP contribution in [-0.2, 0) is 9.59 Å². The molecule has 0 aliphatic carbocycles. The fourth-order valence-corrected chi connectivity index (χ4v) is 1.49. The summed E-state index contributed by atoms with van der Waals surface area (Å²) in [6.07, 6.45) is 1.98. The first-order valence-electron chi connectivity index (χ1n) is 4.18. The first-order valence-corrected chi connectivity index (χ1v) is 4.56. The summed E-state index contributed by atoms with van der Waals surface area (Å²) < 4.78 is -1.59. The van der Waals surface area contributed by atoms with E-state index in [1.165, 1.54) is 24.3 Å². The van der Waals surface area contributed by atoms with Gasteiger partial charge in [-0.3, -0.25) is 0 Å². The Morgan fingerprint density at radius 2 is 1.47 bits per heavy atom. The summed E-state index contributed by atoms with van der Waals surface area (Å²) in [4.78, 5) is 22.6. The number of quaternary nitrogens is 1. The molecule has 0 aromatic heterocycles. The molecule has 1 aromatic carbocycles. The van der Waals surface area contributed by atoms with Crippen molar-refractivity contribution < 1.29 is 9.59 Å². The molecule has 0 atom stereocenters.